The van der Waals surface area contributed by atoms with E-state index in [4.69, 9.17) is 29.9 Å². The van der Waals surface area contributed by atoms with Crippen molar-refractivity contribution in [3.63, 3.8) is 0 Å². The zero-order valence-electron chi connectivity index (χ0n) is 50.3. The van der Waals surface area contributed by atoms with Crippen LogP contribution in [0.15, 0.2) is 279 Å². The Labute approximate surface area is 527 Å². The Morgan fingerprint density at radius 1 is 0.189 bits per heavy atom. The minimum atomic E-state index is 0.0882. The summed E-state index contributed by atoms with van der Waals surface area (Å²) in [5.41, 5.74) is 25.4. The highest BCUT2D eigenvalue weighted by Crippen LogP contribution is 2.60. The molecule has 432 valence electrons. The van der Waals surface area contributed by atoms with Gasteiger partial charge in [-0.3, -0.25) is 0 Å². The molecule has 0 aliphatic heterocycles. The molecule has 4 aliphatic rings. The SMILES string of the molecule is c1ccc(-c2nc(-c3ccccc3)nc(-c3ccc(-c4ccc(-c5cccc6c5C5(CCCCC5)c5ccccc5-6)cc4)cc3)n2)cc1.c1ccc(-c2nc(-c3ccccc3)nc(-c3cccc(-c4cccc5c4C4(CCCCC4)c4ccccc4-5)c3)n2)cc1. The second-order valence-corrected chi connectivity index (χ2v) is 24.6. The van der Waals surface area contributed by atoms with Crippen molar-refractivity contribution in [1.82, 2.24) is 29.9 Å². The molecule has 13 aromatic rings. The molecule has 90 heavy (non-hydrogen) atoms. The third kappa shape index (κ3) is 9.93. The molecule has 2 aromatic heterocycles. The van der Waals surface area contributed by atoms with Crippen LogP contribution in [0.4, 0.5) is 0 Å². The fourth-order valence-electron chi connectivity index (χ4n) is 15.3. The fourth-order valence-corrected chi connectivity index (χ4v) is 15.3. The standard InChI is InChI=1S/C45H35N3.C39H31N3/c1-4-13-34(14-5-1)42-46-43(35-15-6-2-7-16-35)48-44(47-42)36-27-23-32(24-28-36)31-21-25-33(26-22-31)37-18-12-19-39-38-17-8-9-20-40(38)45(41(37)39)29-10-3-11-30-45;1-4-14-27(15-5-1)36-40-37(28-16-6-2-7-17-28)42-38(41-36)30-19-12-18-29(26-30)31-21-13-22-33-32-20-8-9-23-34(32)39(35(31)33)24-10-3-11-25-39/h1-2,4-9,12-28H,3,10-11,29-30H2;1-2,4-9,12-23,26H,3,10-11,24-25H2. The van der Waals surface area contributed by atoms with Crippen molar-refractivity contribution in [1.29, 1.82) is 0 Å². The van der Waals surface area contributed by atoms with E-state index in [0.29, 0.717) is 34.9 Å². The number of aromatic nitrogens is 6. The van der Waals surface area contributed by atoms with Crippen molar-refractivity contribution in [2.75, 3.05) is 0 Å². The van der Waals surface area contributed by atoms with Crippen LogP contribution in [0, 0.1) is 0 Å². The Kier molecular flexibility index (Phi) is 14.3. The quantitative estimate of drug-likeness (QED) is 0.143. The van der Waals surface area contributed by atoms with Crippen LogP contribution in [-0.4, -0.2) is 29.9 Å². The molecular formula is C84H66N6. The van der Waals surface area contributed by atoms with Crippen LogP contribution in [0.3, 0.4) is 0 Å². The highest BCUT2D eigenvalue weighted by Gasteiger charge is 2.46. The Hall–Kier alpha value is -10.6. The van der Waals surface area contributed by atoms with Crippen LogP contribution < -0.4 is 0 Å². The van der Waals surface area contributed by atoms with Crippen molar-refractivity contribution in [2.45, 2.75) is 75.0 Å². The van der Waals surface area contributed by atoms with Crippen LogP contribution in [0.2, 0.25) is 0 Å². The summed E-state index contributed by atoms with van der Waals surface area (Å²) in [6.07, 6.45) is 12.7. The van der Waals surface area contributed by atoms with E-state index >= 15 is 0 Å². The van der Waals surface area contributed by atoms with E-state index < -0.39 is 0 Å². The van der Waals surface area contributed by atoms with Gasteiger partial charge < -0.3 is 0 Å². The predicted molar refractivity (Wildman–Crippen MR) is 367 cm³/mol. The van der Waals surface area contributed by atoms with Crippen LogP contribution in [0.1, 0.15) is 86.5 Å². The second-order valence-electron chi connectivity index (χ2n) is 24.6. The lowest BCUT2D eigenvalue weighted by Gasteiger charge is -2.37. The highest BCUT2D eigenvalue weighted by molar-refractivity contribution is 5.91. The van der Waals surface area contributed by atoms with Gasteiger partial charge in [0.15, 0.2) is 34.9 Å². The molecule has 0 atom stereocenters. The number of hydrogen-bond donors (Lipinski definition) is 0. The summed E-state index contributed by atoms with van der Waals surface area (Å²) in [5, 5.41) is 0. The topological polar surface area (TPSA) is 77.3 Å². The molecule has 2 fully saturated rings. The third-order valence-corrected chi connectivity index (χ3v) is 19.5. The van der Waals surface area contributed by atoms with E-state index in [1.165, 1.54) is 137 Å². The fraction of sp³-hybridized carbons (Fsp3) is 0.143. The van der Waals surface area contributed by atoms with Gasteiger partial charge in [-0.1, -0.05) is 312 Å². The average Bonchev–Trinajstić information content (AvgIpc) is 1.56. The highest BCUT2D eigenvalue weighted by atomic mass is 15.0. The Morgan fingerprint density at radius 3 is 0.856 bits per heavy atom. The van der Waals surface area contributed by atoms with Gasteiger partial charge >= 0.3 is 0 Å². The summed E-state index contributed by atoms with van der Waals surface area (Å²) in [7, 11) is 0. The second kappa shape index (κ2) is 23.5. The summed E-state index contributed by atoms with van der Waals surface area (Å²) in [6, 6.07) is 99.1. The molecule has 0 bridgehead atoms. The van der Waals surface area contributed by atoms with Crippen LogP contribution in [0.5, 0.6) is 0 Å². The molecule has 6 heteroatoms. The Bertz CT molecular complexity index is 4630. The lowest BCUT2D eigenvalue weighted by Crippen LogP contribution is -2.28. The van der Waals surface area contributed by atoms with E-state index in [1.54, 1.807) is 5.56 Å². The first kappa shape index (κ1) is 54.8. The Balaban J connectivity index is 0.000000145. The van der Waals surface area contributed by atoms with Gasteiger partial charge in [0.05, 0.1) is 0 Å². The smallest absolute Gasteiger partial charge is 0.164 e. The van der Waals surface area contributed by atoms with Gasteiger partial charge in [-0.2, -0.15) is 0 Å². The number of benzene rings is 11. The molecule has 0 saturated heterocycles. The van der Waals surface area contributed by atoms with Crippen LogP contribution in [-0.2, 0) is 10.8 Å². The number of hydrogen-bond acceptors (Lipinski definition) is 6. The average molecular weight is 1160 g/mol. The summed E-state index contributed by atoms with van der Waals surface area (Å²) in [5.74, 6) is 4.06. The molecule has 11 aromatic carbocycles. The molecule has 0 amide bonds. The van der Waals surface area contributed by atoms with Gasteiger partial charge in [0, 0.05) is 44.2 Å². The van der Waals surface area contributed by atoms with Crippen LogP contribution in [0.25, 0.3) is 124 Å². The summed E-state index contributed by atoms with van der Waals surface area (Å²) < 4.78 is 0. The van der Waals surface area contributed by atoms with E-state index in [9.17, 15) is 0 Å². The lowest BCUT2D eigenvalue weighted by molar-refractivity contribution is 0.353. The maximum absolute atomic E-state index is 5.00. The minimum absolute atomic E-state index is 0.0882. The van der Waals surface area contributed by atoms with Gasteiger partial charge in [-0.15, -0.1) is 0 Å². The molecule has 6 nitrogen and oxygen atoms in total. The maximum Gasteiger partial charge on any atom is 0.164 e. The van der Waals surface area contributed by atoms with Gasteiger partial charge in [0.1, 0.15) is 0 Å². The first-order valence-electron chi connectivity index (χ1n) is 32.1. The molecule has 4 aliphatic carbocycles. The number of rotatable bonds is 9. The van der Waals surface area contributed by atoms with Gasteiger partial charge in [-0.05, 0) is 110 Å². The van der Waals surface area contributed by atoms with E-state index in [1.807, 2.05) is 97.1 Å². The molecule has 0 unspecified atom stereocenters. The van der Waals surface area contributed by atoms with Crippen molar-refractivity contribution in [3.8, 4) is 124 Å². The van der Waals surface area contributed by atoms with Crippen molar-refractivity contribution in [2.24, 2.45) is 0 Å². The summed E-state index contributed by atoms with van der Waals surface area (Å²) in [4.78, 5) is 29.5. The minimum Gasteiger partial charge on any atom is -0.208 e. The van der Waals surface area contributed by atoms with Crippen LogP contribution >= 0.6 is 0 Å². The van der Waals surface area contributed by atoms with Gasteiger partial charge in [-0.25, -0.2) is 29.9 Å². The lowest BCUT2D eigenvalue weighted by atomic mass is 9.66. The van der Waals surface area contributed by atoms with Crippen molar-refractivity contribution < 1.29 is 0 Å². The van der Waals surface area contributed by atoms with E-state index in [-0.39, 0.29) is 10.8 Å². The first-order valence-corrected chi connectivity index (χ1v) is 32.1. The Morgan fingerprint density at radius 2 is 0.456 bits per heavy atom. The normalized spacial score (nSPS) is 14.6. The number of nitrogens with zero attached hydrogens (tertiary/aromatic N) is 6. The zero-order valence-corrected chi connectivity index (χ0v) is 50.3. The predicted octanol–water partition coefficient (Wildman–Crippen LogP) is 21.2. The van der Waals surface area contributed by atoms with Gasteiger partial charge in [0.25, 0.3) is 0 Å². The summed E-state index contributed by atoms with van der Waals surface area (Å²) >= 11 is 0. The van der Waals surface area contributed by atoms with Crippen molar-refractivity contribution in [3.05, 3.63) is 301 Å². The monoisotopic (exact) mass is 1160 g/mol. The third-order valence-electron chi connectivity index (χ3n) is 19.5. The molecule has 2 saturated carbocycles. The summed E-state index contributed by atoms with van der Waals surface area (Å²) in [6.45, 7) is 0. The first-order chi connectivity index (χ1) is 44.6. The zero-order chi connectivity index (χ0) is 59.9. The molecule has 2 heterocycles. The molecule has 0 radical (unpaired) electrons. The van der Waals surface area contributed by atoms with E-state index in [0.717, 1.165) is 33.4 Å². The van der Waals surface area contributed by atoms with Gasteiger partial charge in [0.2, 0.25) is 0 Å². The number of fused-ring (bicyclic) bond motifs is 10. The molecule has 2 spiro atoms. The largest absolute Gasteiger partial charge is 0.208 e. The molecule has 0 N–H and O–H groups in total. The molecular weight excluding hydrogens is 1090 g/mol. The molecule has 17 rings (SSSR count). The maximum atomic E-state index is 5.00. The van der Waals surface area contributed by atoms with Crippen molar-refractivity contribution >= 4 is 0 Å². The van der Waals surface area contributed by atoms with E-state index in [2.05, 4.69) is 182 Å².